The summed E-state index contributed by atoms with van der Waals surface area (Å²) in [4.78, 5) is 16.7. The number of carbonyl (C=O) groups is 1. The van der Waals surface area contributed by atoms with E-state index in [9.17, 15) is 9.90 Å². The monoisotopic (exact) mass is 317 g/mol. The molecule has 118 valence electrons. The van der Waals surface area contributed by atoms with Crippen LogP contribution < -0.4 is 10.6 Å². The standard InChI is InChI=1S/C19H15N3O2/c23-11-12-3-1-4-13(9-12)21-10-15-18-14-5-2-8-20-16(14)6-7-17(18)22-19(15)24/h1-10,21,23H,11H2,(H,22,24). The van der Waals surface area contributed by atoms with E-state index in [1.807, 2.05) is 48.5 Å². The van der Waals surface area contributed by atoms with Gasteiger partial charge in [0.05, 0.1) is 17.7 Å². The number of benzene rings is 2. The summed E-state index contributed by atoms with van der Waals surface area (Å²) in [6.07, 6.45) is 3.44. The first-order valence-corrected chi connectivity index (χ1v) is 7.62. The molecule has 1 aliphatic heterocycles. The molecule has 0 spiro atoms. The fraction of sp³-hybridized carbons (Fsp3) is 0.0526. The van der Waals surface area contributed by atoms with Crippen LogP contribution in [0.3, 0.4) is 0 Å². The van der Waals surface area contributed by atoms with Gasteiger partial charge in [0.1, 0.15) is 0 Å². The van der Waals surface area contributed by atoms with E-state index in [0.717, 1.165) is 33.4 Å². The van der Waals surface area contributed by atoms with E-state index in [1.54, 1.807) is 12.4 Å². The van der Waals surface area contributed by atoms with Crippen LogP contribution in [-0.2, 0) is 11.4 Å². The highest BCUT2D eigenvalue weighted by Gasteiger charge is 2.26. The van der Waals surface area contributed by atoms with Crippen molar-refractivity contribution < 1.29 is 9.90 Å². The number of aliphatic hydroxyl groups is 1. The van der Waals surface area contributed by atoms with Gasteiger partial charge in [0.15, 0.2) is 0 Å². The zero-order valence-electron chi connectivity index (χ0n) is 12.8. The molecule has 0 radical (unpaired) electrons. The Morgan fingerprint density at radius 2 is 2.08 bits per heavy atom. The highest BCUT2D eigenvalue weighted by Crippen LogP contribution is 2.37. The van der Waals surface area contributed by atoms with Crippen molar-refractivity contribution in [2.75, 3.05) is 10.6 Å². The van der Waals surface area contributed by atoms with Crippen LogP contribution >= 0.6 is 0 Å². The van der Waals surface area contributed by atoms with Gasteiger partial charge in [-0.2, -0.15) is 0 Å². The second-order valence-electron chi connectivity index (χ2n) is 5.57. The van der Waals surface area contributed by atoms with Crippen molar-refractivity contribution in [2.24, 2.45) is 0 Å². The minimum Gasteiger partial charge on any atom is -0.392 e. The first-order valence-electron chi connectivity index (χ1n) is 7.62. The second-order valence-corrected chi connectivity index (χ2v) is 5.57. The number of aromatic nitrogens is 1. The van der Waals surface area contributed by atoms with E-state index in [0.29, 0.717) is 5.57 Å². The molecule has 4 rings (SSSR count). The molecule has 2 heterocycles. The van der Waals surface area contributed by atoms with Gasteiger partial charge in [0.2, 0.25) is 0 Å². The summed E-state index contributed by atoms with van der Waals surface area (Å²) in [5, 5.41) is 16.2. The molecule has 1 amide bonds. The molecule has 3 aromatic rings. The fourth-order valence-corrected chi connectivity index (χ4v) is 2.90. The topological polar surface area (TPSA) is 74.2 Å². The number of nitrogens with zero attached hydrogens (tertiary/aromatic N) is 1. The van der Waals surface area contributed by atoms with E-state index in [2.05, 4.69) is 15.6 Å². The Labute approximate surface area is 138 Å². The molecule has 0 saturated heterocycles. The Kier molecular flexibility index (Phi) is 3.48. The lowest BCUT2D eigenvalue weighted by atomic mass is 10.0. The lowest BCUT2D eigenvalue weighted by Gasteiger charge is -2.06. The molecular formula is C19H15N3O2. The molecule has 3 N–H and O–H groups in total. The minimum absolute atomic E-state index is 0.0221. The summed E-state index contributed by atoms with van der Waals surface area (Å²) in [6.45, 7) is -0.0221. The summed E-state index contributed by atoms with van der Waals surface area (Å²) in [6, 6.07) is 15.0. The molecule has 0 atom stereocenters. The lowest BCUT2D eigenvalue weighted by Crippen LogP contribution is -2.05. The third-order valence-electron chi connectivity index (χ3n) is 4.04. The summed E-state index contributed by atoms with van der Waals surface area (Å²) in [5.41, 5.74) is 4.69. The molecule has 0 unspecified atom stereocenters. The first-order chi connectivity index (χ1) is 11.8. The van der Waals surface area contributed by atoms with Gasteiger partial charge in [-0.25, -0.2) is 0 Å². The molecule has 5 nitrogen and oxygen atoms in total. The molecule has 0 fully saturated rings. The molecule has 1 aromatic heterocycles. The van der Waals surface area contributed by atoms with Gasteiger partial charge in [-0.1, -0.05) is 18.2 Å². The van der Waals surface area contributed by atoms with Crippen molar-refractivity contribution in [3.63, 3.8) is 0 Å². The van der Waals surface area contributed by atoms with Crippen molar-refractivity contribution in [1.29, 1.82) is 0 Å². The van der Waals surface area contributed by atoms with Crippen molar-refractivity contribution >= 4 is 33.8 Å². The van der Waals surface area contributed by atoms with Crippen LogP contribution in [0.2, 0.25) is 0 Å². The van der Waals surface area contributed by atoms with Crippen molar-refractivity contribution in [2.45, 2.75) is 6.61 Å². The zero-order chi connectivity index (χ0) is 16.5. The van der Waals surface area contributed by atoms with Gasteiger partial charge in [-0.05, 0) is 35.9 Å². The SMILES string of the molecule is O=C1Nc2ccc3ncccc3c2C1=CNc1cccc(CO)c1. The maximum atomic E-state index is 12.3. The Morgan fingerprint density at radius 1 is 1.17 bits per heavy atom. The van der Waals surface area contributed by atoms with E-state index in [1.165, 1.54) is 0 Å². The van der Waals surface area contributed by atoms with E-state index in [4.69, 9.17) is 0 Å². The van der Waals surface area contributed by atoms with Crippen molar-refractivity contribution in [3.8, 4) is 0 Å². The molecule has 0 saturated carbocycles. The van der Waals surface area contributed by atoms with Crippen molar-refractivity contribution in [1.82, 2.24) is 4.98 Å². The number of carbonyl (C=O) groups excluding carboxylic acids is 1. The number of rotatable bonds is 3. The van der Waals surface area contributed by atoms with Crippen LogP contribution in [0.5, 0.6) is 0 Å². The molecule has 2 aromatic carbocycles. The minimum atomic E-state index is -0.146. The highest BCUT2D eigenvalue weighted by atomic mass is 16.3. The average molecular weight is 317 g/mol. The van der Waals surface area contributed by atoms with Crippen LogP contribution in [0.15, 0.2) is 60.9 Å². The van der Waals surface area contributed by atoms with Crippen molar-refractivity contribution in [3.05, 3.63) is 72.1 Å². The number of aliphatic hydroxyl groups excluding tert-OH is 1. The third-order valence-corrected chi connectivity index (χ3v) is 4.04. The van der Waals surface area contributed by atoms with Crippen LogP contribution in [0.25, 0.3) is 16.5 Å². The largest absolute Gasteiger partial charge is 0.392 e. The Hall–Kier alpha value is -3.18. The molecular weight excluding hydrogens is 302 g/mol. The smallest absolute Gasteiger partial charge is 0.257 e. The van der Waals surface area contributed by atoms with Crippen LogP contribution in [0.1, 0.15) is 11.1 Å². The van der Waals surface area contributed by atoms with E-state index >= 15 is 0 Å². The Balaban J connectivity index is 1.77. The fourth-order valence-electron chi connectivity index (χ4n) is 2.90. The molecule has 1 aliphatic rings. The Bertz CT molecular complexity index is 979. The summed E-state index contributed by atoms with van der Waals surface area (Å²) >= 11 is 0. The van der Waals surface area contributed by atoms with Crippen LogP contribution in [0, 0.1) is 0 Å². The molecule has 24 heavy (non-hydrogen) atoms. The zero-order valence-corrected chi connectivity index (χ0v) is 12.8. The lowest BCUT2D eigenvalue weighted by molar-refractivity contribution is -0.110. The van der Waals surface area contributed by atoms with Crippen LogP contribution in [-0.4, -0.2) is 16.0 Å². The average Bonchev–Trinajstić information content (AvgIpc) is 2.96. The van der Waals surface area contributed by atoms with E-state index < -0.39 is 0 Å². The summed E-state index contributed by atoms with van der Waals surface area (Å²) in [5.74, 6) is -0.146. The van der Waals surface area contributed by atoms with Gasteiger partial charge in [-0.3, -0.25) is 9.78 Å². The number of pyridine rings is 1. The predicted molar refractivity (Wildman–Crippen MR) is 94.3 cm³/mol. The molecule has 0 bridgehead atoms. The van der Waals surface area contributed by atoms with Gasteiger partial charge < -0.3 is 15.7 Å². The normalized spacial score (nSPS) is 14.7. The highest BCUT2D eigenvalue weighted by molar-refractivity contribution is 6.34. The quantitative estimate of drug-likeness (QED) is 0.649. The number of amides is 1. The maximum Gasteiger partial charge on any atom is 0.257 e. The summed E-state index contributed by atoms with van der Waals surface area (Å²) < 4.78 is 0. The first kappa shape index (κ1) is 14.4. The van der Waals surface area contributed by atoms with Gasteiger partial charge >= 0.3 is 0 Å². The third kappa shape index (κ3) is 2.41. The van der Waals surface area contributed by atoms with E-state index in [-0.39, 0.29) is 12.5 Å². The second kappa shape index (κ2) is 5.79. The number of hydrogen-bond acceptors (Lipinski definition) is 4. The number of nitrogens with one attached hydrogen (secondary N) is 2. The predicted octanol–water partition coefficient (Wildman–Crippen LogP) is 3.13. The Morgan fingerprint density at radius 3 is 2.96 bits per heavy atom. The van der Waals surface area contributed by atoms with Crippen LogP contribution in [0.4, 0.5) is 11.4 Å². The maximum absolute atomic E-state index is 12.3. The number of anilines is 2. The molecule has 0 aliphatic carbocycles. The number of hydrogen-bond donors (Lipinski definition) is 3. The summed E-state index contributed by atoms with van der Waals surface area (Å²) in [7, 11) is 0. The van der Waals surface area contributed by atoms with Gasteiger partial charge in [-0.15, -0.1) is 0 Å². The van der Waals surface area contributed by atoms with Gasteiger partial charge in [0, 0.05) is 34.7 Å². The molecule has 5 heteroatoms. The number of fused-ring (bicyclic) bond motifs is 3. The van der Waals surface area contributed by atoms with Gasteiger partial charge in [0.25, 0.3) is 5.91 Å².